The molecule has 2 N–H and O–H groups in total. The average Bonchev–Trinajstić information content (AvgIpc) is 2.88. The summed E-state index contributed by atoms with van der Waals surface area (Å²) >= 11 is 0. The highest BCUT2D eigenvalue weighted by atomic mass is 28.4. The molecule has 1 aliphatic heterocycles. The predicted molar refractivity (Wildman–Crippen MR) is 87.3 cm³/mol. The Morgan fingerprint density at radius 1 is 1.20 bits per heavy atom. The Labute approximate surface area is 123 Å². The van der Waals surface area contributed by atoms with Gasteiger partial charge in [-0.1, -0.05) is 18.2 Å². The van der Waals surface area contributed by atoms with Crippen molar-refractivity contribution in [1.29, 1.82) is 0 Å². The smallest absolute Gasteiger partial charge is 0.242 e. The van der Waals surface area contributed by atoms with Crippen LogP contribution in [0, 0.1) is 0 Å². The Hall–Kier alpha value is -1.26. The Balaban J connectivity index is 2.10. The van der Waals surface area contributed by atoms with Crippen molar-refractivity contribution in [2.24, 2.45) is 5.73 Å². The molecule has 0 bridgehead atoms. The van der Waals surface area contributed by atoms with Crippen molar-refractivity contribution in [1.82, 2.24) is 4.90 Å². The lowest BCUT2D eigenvalue weighted by molar-refractivity contribution is 0.464. The maximum absolute atomic E-state index is 6.31. The molecule has 0 saturated carbocycles. The van der Waals surface area contributed by atoms with Crippen LogP contribution in [-0.2, 0) is 0 Å². The van der Waals surface area contributed by atoms with Crippen LogP contribution in [0.15, 0.2) is 36.5 Å². The minimum atomic E-state index is -1.61. The van der Waals surface area contributed by atoms with Crippen molar-refractivity contribution in [2.45, 2.75) is 38.5 Å². The molecule has 0 amide bonds. The van der Waals surface area contributed by atoms with Gasteiger partial charge in [0.2, 0.25) is 8.32 Å². The third kappa shape index (κ3) is 4.39. The van der Waals surface area contributed by atoms with Crippen molar-refractivity contribution in [3.05, 3.63) is 42.1 Å². The van der Waals surface area contributed by atoms with Gasteiger partial charge in [-0.3, -0.25) is 0 Å². The van der Waals surface area contributed by atoms with E-state index < -0.39 is 8.32 Å². The van der Waals surface area contributed by atoms with Gasteiger partial charge in [0.05, 0.1) is 6.04 Å². The number of nitrogens with zero attached hydrogens (tertiary/aromatic N) is 1. The first-order chi connectivity index (χ1) is 9.46. The molecule has 1 unspecified atom stereocenters. The molecule has 1 atom stereocenters. The summed E-state index contributed by atoms with van der Waals surface area (Å²) in [5.41, 5.74) is 7.39. The Morgan fingerprint density at radius 3 is 2.50 bits per heavy atom. The standard InChI is InChI=1S/C16H26N2OSi/c1-20(2,3)19-16-9-5-4-8-14(16)15(17)10-13-18-11-6-7-12-18/h4-5,8-10,13,15H,6-7,11-12,17H2,1-3H3/b13-10+. The molecule has 110 valence electrons. The van der Waals surface area contributed by atoms with Gasteiger partial charge in [-0.25, -0.2) is 0 Å². The first kappa shape index (κ1) is 15.1. The van der Waals surface area contributed by atoms with E-state index in [1.807, 2.05) is 18.2 Å². The summed E-state index contributed by atoms with van der Waals surface area (Å²) in [5, 5.41) is 0. The van der Waals surface area contributed by atoms with Crippen LogP contribution in [0.1, 0.15) is 24.4 Å². The Bertz CT molecular complexity index is 462. The molecular formula is C16H26N2OSi. The molecule has 4 heteroatoms. The summed E-state index contributed by atoms with van der Waals surface area (Å²) in [6.07, 6.45) is 6.80. The Morgan fingerprint density at radius 2 is 1.85 bits per heavy atom. The molecule has 0 aromatic heterocycles. The highest BCUT2D eigenvalue weighted by molar-refractivity contribution is 6.70. The molecule has 20 heavy (non-hydrogen) atoms. The van der Waals surface area contributed by atoms with Crippen molar-refractivity contribution >= 4 is 8.32 Å². The zero-order valence-electron chi connectivity index (χ0n) is 12.8. The molecule has 0 spiro atoms. The van der Waals surface area contributed by atoms with Gasteiger partial charge in [-0.2, -0.15) is 0 Å². The van der Waals surface area contributed by atoms with Crippen LogP contribution in [0.25, 0.3) is 0 Å². The second kappa shape index (κ2) is 6.46. The van der Waals surface area contributed by atoms with Crippen molar-refractivity contribution in [3.8, 4) is 5.75 Å². The SMILES string of the molecule is C[Si](C)(C)Oc1ccccc1C(N)/C=C/N1CCCC1. The Kier molecular flexibility index (Phi) is 4.89. The molecular weight excluding hydrogens is 264 g/mol. The molecule has 1 fully saturated rings. The highest BCUT2D eigenvalue weighted by Crippen LogP contribution is 2.27. The van der Waals surface area contributed by atoms with Crippen LogP contribution in [0.2, 0.25) is 19.6 Å². The van der Waals surface area contributed by atoms with E-state index >= 15 is 0 Å². The average molecular weight is 290 g/mol. The van der Waals surface area contributed by atoms with E-state index in [1.54, 1.807) is 0 Å². The molecule has 1 heterocycles. The number of likely N-dealkylation sites (tertiary alicyclic amines) is 1. The molecule has 1 saturated heterocycles. The summed E-state index contributed by atoms with van der Waals surface area (Å²) in [6.45, 7) is 8.87. The molecule has 0 radical (unpaired) electrons. The molecule has 0 aliphatic carbocycles. The van der Waals surface area contributed by atoms with Gasteiger partial charge in [-0.05, 0) is 50.8 Å². The highest BCUT2D eigenvalue weighted by Gasteiger charge is 2.19. The monoisotopic (exact) mass is 290 g/mol. The van der Waals surface area contributed by atoms with Gasteiger partial charge in [0.15, 0.2) is 0 Å². The molecule has 1 aromatic rings. The zero-order valence-corrected chi connectivity index (χ0v) is 13.8. The van der Waals surface area contributed by atoms with Gasteiger partial charge in [0.1, 0.15) is 5.75 Å². The van der Waals surface area contributed by atoms with E-state index in [9.17, 15) is 0 Å². The van der Waals surface area contributed by atoms with Gasteiger partial charge < -0.3 is 15.1 Å². The summed E-state index contributed by atoms with van der Waals surface area (Å²) in [4.78, 5) is 2.34. The number of nitrogens with two attached hydrogens (primary N) is 1. The number of hydrogen-bond acceptors (Lipinski definition) is 3. The number of benzene rings is 1. The molecule has 1 aromatic carbocycles. The third-order valence-electron chi connectivity index (χ3n) is 3.34. The minimum absolute atomic E-state index is 0.108. The molecule has 1 aliphatic rings. The summed E-state index contributed by atoms with van der Waals surface area (Å²) in [5.74, 6) is 0.935. The van der Waals surface area contributed by atoms with Crippen molar-refractivity contribution < 1.29 is 4.43 Å². The summed E-state index contributed by atoms with van der Waals surface area (Å²) in [6, 6.07) is 8.01. The van der Waals surface area contributed by atoms with E-state index in [4.69, 9.17) is 10.2 Å². The maximum atomic E-state index is 6.31. The second-order valence-electron chi connectivity index (χ2n) is 6.36. The maximum Gasteiger partial charge on any atom is 0.242 e. The van der Waals surface area contributed by atoms with Gasteiger partial charge in [0, 0.05) is 18.7 Å². The van der Waals surface area contributed by atoms with Gasteiger partial charge in [-0.15, -0.1) is 0 Å². The van der Waals surface area contributed by atoms with Crippen LogP contribution >= 0.6 is 0 Å². The topological polar surface area (TPSA) is 38.5 Å². The summed E-state index contributed by atoms with van der Waals surface area (Å²) in [7, 11) is -1.61. The van der Waals surface area contributed by atoms with Crippen molar-refractivity contribution in [2.75, 3.05) is 13.1 Å². The summed E-state index contributed by atoms with van der Waals surface area (Å²) < 4.78 is 6.14. The first-order valence-electron chi connectivity index (χ1n) is 7.41. The number of rotatable bonds is 5. The fourth-order valence-corrected chi connectivity index (χ4v) is 3.23. The van der Waals surface area contributed by atoms with Crippen LogP contribution in [0.3, 0.4) is 0 Å². The molecule has 3 nitrogen and oxygen atoms in total. The van der Waals surface area contributed by atoms with Crippen LogP contribution in [0.4, 0.5) is 0 Å². The van der Waals surface area contributed by atoms with Crippen molar-refractivity contribution in [3.63, 3.8) is 0 Å². The van der Waals surface area contributed by atoms with Gasteiger partial charge >= 0.3 is 0 Å². The number of hydrogen-bond donors (Lipinski definition) is 1. The zero-order chi connectivity index (χ0) is 14.6. The lowest BCUT2D eigenvalue weighted by atomic mass is 10.1. The van der Waals surface area contributed by atoms with E-state index in [0.717, 1.165) is 24.4 Å². The fourth-order valence-electron chi connectivity index (χ4n) is 2.39. The van der Waals surface area contributed by atoms with E-state index in [0.29, 0.717) is 0 Å². The lowest BCUT2D eigenvalue weighted by Crippen LogP contribution is -2.30. The third-order valence-corrected chi connectivity index (χ3v) is 4.17. The first-order valence-corrected chi connectivity index (χ1v) is 10.8. The van der Waals surface area contributed by atoms with E-state index in [-0.39, 0.29) is 6.04 Å². The lowest BCUT2D eigenvalue weighted by Gasteiger charge is -2.23. The normalized spacial score (nSPS) is 17.7. The van der Waals surface area contributed by atoms with Gasteiger partial charge in [0.25, 0.3) is 0 Å². The quantitative estimate of drug-likeness (QED) is 0.843. The van der Waals surface area contributed by atoms with E-state index in [1.165, 1.54) is 12.8 Å². The van der Waals surface area contributed by atoms with Crippen LogP contribution in [0.5, 0.6) is 5.75 Å². The fraction of sp³-hybridized carbons (Fsp3) is 0.500. The van der Waals surface area contributed by atoms with E-state index in [2.05, 4.69) is 42.9 Å². The largest absolute Gasteiger partial charge is 0.544 e. The van der Waals surface area contributed by atoms with Crippen LogP contribution in [-0.4, -0.2) is 26.3 Å². The van der Waals surface area contributed by atoms with Crippen LogP contribution < -0.4 is 10.2 Å². The second-order valence-corrected chi connectivity index (χ2v) is 10.8. The molecule has 2 rings (SSSR count). The predicted octanol–water partition coefficient (Wildman–Crippen LogP) is 3.51. The number of para-hydroxylation sites is 1. The minimum Gasteiger partial charge on any atom is -0.544 e.